The van der Waals surface area contributed by atoms with Crippen molar-refractivity contribution in [2.24, 2.45) is 0 Å². The lowest BCUT2D eigenvalue weighted by Gasteiger charge is -2.22. The predicted octanol–water partition coefficient (Wildman–Crippen LogP) is 2.28. The van der Waals surface area contributed by atoms with Crippen LogP contribution in [0.5, 0.6) is 0 Å². The third-order valence-corrected chi connectivity index (χ3v) is 5.78. The van der Waals surface area contributed by atoms with Gasteiger partial charge in [-0.3, -0.25) is 19.9 Å². The number of para-hydroxylation sites is 1. The van der Waals surface area contributed by atoms with E-state index in [4.69, 9.17) is 0 Å². The maximum Gasteiger partial charge on any atom is 0.344 e. The summed E-state index contributed by atoms with van der Waals surface area (Å²) in [5.74, 6) is -0.915. The number of nitrogens with one attached hydrogen (secondary N) is 2. The average Bonchev–Trinajstić information content (AvgIpc) is 3.37. The second-order valence-corrected chi connectivity index (χ2v) is 8.72. The number of benzene rings is 2. The van der Waals surface area contributed by atoms with Gasteiger partial charge in [0.1, 0.15) is 5.54 Å². The van der Waals surface area contributed by atoms with Crippen LogP contribution in [-0.2, 0) is 22.6 Å². The molecule has 0 unspecified atom stereocenters. The van der Waals surface area contributed by atoms with E-state index in [1.54, 1.807) is 29.7 Å². The van der Waals surface area contributed by atoms with Gasteiger partial charge in [0.2, 0.25) is 0 Å². The van der Waals surface area contributed by atoms with Gasteiger partial charge in [-0.15, -0.1) is 0 Å². The molecule has 2 aromatic carbocycles. The lowest BCUT2D eigenvalue weighted by molar-refractivity contribution is -0.139. The first-order valence-electron chi connectivity index (χ1n) is 11.1. The van der Waals surface area contributed by atoms with Crippen molar-refractivity contribution in [3.8, 4) is 5.69 Å². The van der Waals surface area contributed by atoms with Gasteiger partial charge in [0.25, 0.3) is 11.8 Å². The number of rotatable bonds is 9. The number of amides is 4. The lowest BCUT2D eigenvalue weighted by atomic mass is 9.93. The molecule has 176 valence electrons. The van der Waals surface area contributed by atoms with E-state index in [2.05, 4.69) is 15.8 Å². The minimum atomic E-state index is -1.07. The van der Waals surface area contributed by atoms with Gasteiger partial charge in [-0.05, 0) is 44.5 Å². The molecule has 3 aromatic rings. The number of likely N-dealkylation sites (N-methyl/N-ethyl adjacent to an activating group) is 1. The Hall–Kier alpha value is -3.98. The van der Waals surface area contributed by atoms with Crippen LogP contribution in [0.1, 0.15) is 24.5 Å². The molecule has 1 aliphatic heterocycles. The zero-order chi connectivity index (χ0) is 24.1. The SMILES string of the molecule is CN(CC(=O)NN1C(=O)N[C@](C)(CCc2ccccc2)C1=O)Cc1cnn(-c2ccccc2)c1. The quantitative estimate of drug-likeness (QED) is 0.478. The molecule has 4 amide bonds. The monoisotopic (exact) mass is 460 g/mol. The maximum absolute atomic E-state index is 12.9. The van der Waals surface area contributed by atoms with Gasteiger partial charge in [0, 0.05) is 18.3 Å². The standard InChI is InChI=1S/C25H28N6O3/c1-25(14-13-19-9-5-3-6-10-19)23(33)31(24(34)27-25)28-22(32)18-29(2)16-20-15-26-30(17-20)21-11-7-4-8-12-21/h3-12,15,17H,13-14,16,18H2,1-2H3,(H,27,34)(H,28,32)/t25-/m1/s1. The van der Waals surface area contributed by atoms with Crippen LogP contribution < -0.4 is 10.7 Å². The fourth-order valence-corrected chi connectivity index (χ4v) is 3.93. The number of hydrogen-bond acceptors (Lipinski definition) is 5. The Morgan fingerprint density at radius 1 is 1.06 bits per heavy atom. The smallest absolute Gasteiger partial charge is 0.322 e. The van der Waals surface area contributed by atoms with E-state index in [-0.39, 0.29) is 6.54 Å². The van der Waals surface area contributed by atoms with E-state index in [9.17, 15) is 14.4 Å². The van der Waals surface area contributed by atoms with E-state index in [0.29, 0.717) is 19.4 Å². The Morgan fingerprint density at radius 3 is 2.44 bits per heavy atom. The summed E-state index contributed by atoms with van der Waals surface area (Å²) in [6.45, 7) is 2.17. The van der Waals surface area contributed by atoms with Gasteiger partial charge in [-0.1, -0.05) is 48.5 Å². The third kappa shape index (κ3) is 5.32. The number of aryl methyl sites for hydroxylation is 1. The summed E-state index contributed by atoms with van der Waals surface area (Å²) < 4.78 is 1.77. The number of aromatic nitrogens is 2. The molecule has 0 saturated carbocycles. The molecule has 1 aromatic heterocycles. The van der Waals surface area contributed by atoms with Crippen molar-refractivity contribution in [1.29, 1.82) is 0 Å². The van der Waals surface area contributed by atoms with Crippen LogP contribution >= 0.6 is 0 Å². The van der Waals surface area contributed by atoms with Crippen LogP contribution in [0, 0.1) is 0 Å². The Labute approximate surface area is 198 Å². The molecule has 9 heteroatoms. The lowest BCUT2D eigenvalue weighted by Crippen LogP contribution is -2.51. The van der Waals surface area contributed by atoms with Gasteiger partial charge < -0.3 is 5.32 Å². The Morgan fingerprint density at radius 2 is 1.74 bits per heavy atom. The highest BCUT2D eigenvalue weighted by molar-refractivity contribution is 6.07. The van der Waals surface area contributed by atoms with Crippen molar-refractivity contribution in [3.05, 3.63) is 84.2 Å². The number of carbonyl (C=O) groups excluding carboxylic acids is 3. The second-order valence-electron chi connectivity index (χ2n) is 8.72. The highest BCUT2D eigenvalue weighted by atomic mass is 16.2. The first kappa shape index (κ1) is 23.2. The largest absolute Gasteiger partial charge is 0.344 e. The Balaban J connectivity index is 1.29. The van der Waals surface area contributed by atoms with Gasteiger partial charge in [-0.2, -0.15) is 10.1 Å². The fraction of sp³-hybridized carbons (Fsp3) is 0.280. The number of hydrogen-bond donors (Lipinski definition) is 2. The average molecular weight is 461 g/mol. The molecule has 1 fully saturated rings. The van der Waals surface area contributed by atoms with Crippen LogP contribution in [0.25, 0.3) is 5.69 Å². The molecule has 1 aliphatic rings. The van der Waals surface area contributed by atoms with E-state index >= 15 is 0 Å². The van der Waals surface area contributed by atoms with Crippen molar-refractivity contribution in [3.63, 3.8) is 0 Å². The highest BCUT2D eigenvalue weighted by Gasteiger charge is 2.48. The molecular formula is C25H28N6O3. The Bertz CT molecular complexity index is 1160. The molecule has 0 radical (unpaired) electrons. The van der Waals surface area contributed by atoms with Crippen LogP contribution in [-0.4, -0.2) is 56.7 Å². The molecule has 34 heavy (non-hydrogen) atoms. The van der Waals surface area contributed by atoms with E-state index in [0.717, 1.165) is 21.8 Å². The van der Waals surface area contributed by atoms with Gasteiger partial charge >= 0.3 is 6.03 Å². The molecule has 0 aliphatic carbocycles. The first-order chi connectivity index (χ1) is 16.3. The van der Waals surface area contributed by atoms with Crippen molar-refractivity contribution in [2.75, 3.05) is 13.6 Å². The minimum Gasteiger partial charge on any atom is -0.322 e. The summed E-state index contributed by atoms with van der Waals surface area (Å²) in [7, 11) is 1.79. The van der Waals surface area contributed by atoms with E-state index in [1.807, 2.05) is 66.9 Å². The van der Waals surface area contributed by atoms with E-state index < -0.39 is 23.4 Å². The number of imide groups is 1. The second kappa shape index (κ2) is 9.88. The number of carbonyl (C=O) groups is 3. The minimum absolute atomic E-state index is 0.00824. The number of hydrazine groups is 1. The third-order valence-electron chi connectivity index (χ3n) is 5.78. The predicted molar refractivity (Wildman–Crippen MR) is 127 cm³/mol. The maximum atomic E-state index is 12.9. The van der Waals surface area contributed by atoms with Gasteiger partial charge in [0.15, 0.2) is 0 Å². The van der Waals surface area contributed by atoms with Crippen LogP contribution in [0.4, 0.5) is 4.79 Å². The summed E-state index contributed by atoms with van der Waals surface area (Å²) in [5.41, 5.74) is 4.33. The van der Waals surface area contributed by atoms with Crippen LogP contribution in [0.15, 0.2) is 73.1 Å². The van der Waals surface area contributed by atoms with Gasteiger partial charge in [-0.25, -0.2) is 9.48 Å². The van der Waals surface area contributed by atoms with Crippen molar-refractivity contribution in [2.45, 2.75) is 31.8 Å². The zero-order valence-electron chi connectivity index (χ0n) is 19.3. The molecule has 0 bridgehead atoms. The normalized spacial score (nSPS) is 17.8. The van der Waals surface area contributed by atoms with Gasteiger partial charge in [0.05, 0.1) is 18.4 Å². The van der Waals surface area contributed by atoms with E-state index in [1.165, 1.54) is 0 Å². The summed E-state index contributed by atoms with van der Waals surface area (Å²) in [6, 6.07) is 18.9. The highest BCUT2D eigenvalue weighted by Crippen LogP contribution is 2.22. The molecular weight excluding hydrogens is 432 g/mol. The first-order valence-corrected chi connectivity index (χ1v) is 11.1. The molecule has 9 nitrogen and oxygen atoms in total. The molecule has 1 atom stereocenters. The molecule has 2 heterocycles. The molecule has 2 N–H and O–H groups in total. The summed E-state index contributed by atoms with van der Waals surface area (Å²) >= 11 is 0. The Kier molecular flexibility index (Phi) is 6.74. The van der Waals surface area contributed by atoms with Crippen molar-refractivity contribution < 1.29 is 14.4 Å². The molecule has 4 rings (SSSR count). The van der Waals surface area contributed by atoms with Crippen LogP contribution in [0.2, 0.25) is 0 Å². The number of nitrogens with zero attached hydrogens (tertiary/aromatic N) is 4. The van der Waals surface area contributed by atoms with Crippen molar-refractivity contribution >= 4 is 17.8 Å². The summed E-state index contributed by atoms with van der Waals surface area (Å²) in [5, 5.41) is 7.86. The van der Waals surface area contributed by atoms with Crippen molar-refractivity contribution in [1.82, 2.24) is 30.4 Å². The molecule has 0 spiro atoms. The number of urea groups is 1. The summed E-state index contributed by atoms with van der Waals surface area (Å²) in [4.78, 5) is 39.7. The zero-order valence-corrected chi connectivity index (χ0v) is 19.3. The topological polar surface area (TPSA) is 99.6 Å². The van der Waals surface area contributed by atoms with Crippen LogP contribution in [0.3, 0.4) is 0 Å². The summed E-state index contributed by atoms with van der Waals surface area (Å²) in [6.07, 6.45) is 4.71. The fourth-order valence-electron chi connectivity index (χ4n) is 3.93. The molecule has 1 saturated heterocycles.